The number of nitrogens with zero attached hydrogens (tertiary/aromatic N) is 1. The summed E-state index contributed by atoms with van der Waals surface area (Å²) in [7, 11) is 1.56. The molecule has 94 valence electrons. The van der Waals surface area contributed by atoms with Crippen LogP contribution in [-0.4, -0.2) is 48.3 Å². The van der Waals surface area contributed by atoms with Crippen molar-refractivity contribution in [3.63, 3.8) is 0 Å². The van der Waals surface area contributed by atoms with Crippen LogP contribution in [0, 0.1) is 5.92 Å². The Labute approximate surface area is 97.6 Å². The Morgan fingerprint density at radius 2 is 2.25 bits per heavy atom. The number of carbonyl (C=O) groups is 1. The second-order valence-electron chi connectivity index (χ2n) is 4.99. The van der Waals surface area contributed by atoms with Crippen molar-refractivity contribution >= 4 is 5.91 Å². The van der Waals surface area contributed by atoms with Crippen LogP contribution < -0.4 is 0 Å². The Morgan fingerprint density at radius 1 is 1.56 bits per heavy atom. The van der Waals surface area contributed by atoms with Gasteiger partial charge in [-0.1, -0.05) is 0 Å². The van der Waals surface area contributed by atoms with Gasteiger partial charge in [-0.15, -0.1) is 0 Å². The topological polar surface area (TPSA) is 49.8 Å². The fourth-order valence-electron chi connectivity index (χ4n) is 2.14. The largest absolute Gasteiger partial charge is 0.396 e. The van der Waals surface area contributed by atoms with Gasteiger partial charge >= 0.3 is 0 Å². The van der Waals surface area contributed by atoms with Crippen molar-refractivity contribution < 1.29 is 14.6 Å². The van der Waals surface area contributed by atoms with Crippen molar-refractivity contribution in [2.75, 3.05) is 26.8 Å². The van der Waals surface area contributed by atoms with Crippen molar-refractivity contribution in [2.24, 2.45) is 5.92 Å². The number of piperidine rings is 1. The summed E-state index contributed by atoms with van der Waals surface area (Å²) in [4.78, 5) is 14.0. The van der Waals surface area contributed by atoms with Crippen molar-refractivity contribution in [1.82, 2.24) is 4.90 Å². The van der Waals surface area contributed by atoms with E-state index < -0.39 is 5.60 Å². The molecule has 1 atom stereocenters. The highest BCUT2D eigenvalue weighted by atomic mass is 16.5. The zero-order chi connectivity index (χ0) is 12.2. The second kappa shape index (κ2) is 5.64. The summed E-state index contributed by atoms with van der Waals surface area (Å²) in [6.07, 6.45) is 2.92. The predicted molar refractivity (Wildman–Crippen MR) is 62.1 cm³/mol. The van der Waals surface area contributed by atoms with Crippen LogP contribution in [0.5, 0.6) is 0 Å². The monoisotopic (exact) mass is 229 g/mol. The maximum absolute atomic E-state index is 12.1. The van der Waals surface area contributed by atoms with Crippen LogP contribution in [0.4, 0.5) is 0 Å². The molecule has 0 saturated carbocycles. The molecular formula is C12H23NO3. The number of aliphatic hydroxyl groups is 1. The minimum Gasteiger partial charge on any atom is -0.396 e. The van der Waals surface area contributed by atoms with E-state index in [0.29, 0.717) is 5.92 Å². The van der Waals surface area contributed by atoms with Gasteiger partial charge in [-0.2, -0.15) is 0 Å². The number of hydrogen-bond donors (Lipinski definition) is 1. The summed E-state index contributed by atoms with van der Waals surface area (Å²) in [6.45, 7) is 5.37. The van der Waals surface area contributed by atoms with Gasteiger partial charge in [-0.05, 0) is 39.0 Å². The van der Waals surface area contributed by atoms with Crippen LogP contribution in [0.3, 0.4) is 0 Å². The molecule has 4 nitrogen and oxygen atoms in total. The Balaban J connectivity index is 2.56. The number of likely N-dealkylation sites (tertiary alicyclic amines) is 1. The zero-order valence-electron chi connectivity index (χ0n) is 10.5. The molecule has 1 saturated heterocycles. The Hall–Kier alpha value is -0.610. The van der Waals surface area contributed by atoms with Crippen LogP contribution in [0.2, 0.25) is 0 Å². The molecule has 1 unspecified atom stereocenters. The first-order valence-corrected chi connectivity index (χ1v) is 5.96. The van der Waals surface area contributed by atoms with Gasteiger partial charge in [-0.25, -0.2) is 0 Å². The van der Waals surface area contributed by atoms with E-state index in [9.17, 15) is 4.79 Å². The average Bonchev–Trinajstić information content (AvgIpc) is 2.29. The Kier molecular flexibility index (Phi) is 4.74. The third kappa shape index (κ3) is 3.19. The first-order chi connectivity index (χ1) is 7.51. The molecule has 1 amide bonds. The first kappa shape index (κ1) is 13.5. The molecule has 0 aromatic heterocycles. The molecule has 0 bridgehead atoms. The van der Waals surface area contributed by atoms with E-state index in [0.717, 1.165) is 32.4 Å². The smallest absolute Gasteiger partial charge is 0.254 e. The highest BCUT2D eigenvalue weighted by Crippen LogP contribution is 2.22. The predicted octanol–water partition coefficient (Wildman–Crippen LogP) is 1.03. The number of ether oxygens (including phenoxy) is 1. The van der Waals surface area contributed by atoms with Gasteiger partial charge in [0.05, 0.1) is 0 Å². The van der Waals surface area contributed by atoms with Crippen LogP contribution >= 0.6 is 0 Å². The van der Waals surface area contributed by atoms with Gasteiger partial charge in [-0.3, -0.25) is 4.79 Å². The molecule has 1 N–H and O–H groups in total. The molecule has 4 heteroatoms. The highest BCUT2D eigenvalue weighted by molar-refractivity contribution is 5.84. The second-order valence-corrected chi connectivity index (χ2v) is 4.99. The Morgan fingerprint density at radius 3 is 2.81 bits per heavy atom. The van der Waals surface area contributed by atoms with Crippen LogP contribution in [0.15, 0.2) is 0 Å². The summed E-state index contributed by atoms with van der Waals surface area (Å²) in [5.74, 6) is 0.494. The zero-order valence-corrected chi connectivity index (χ0v) is 10.5. The molecule has 1 rings (SSSR count). The number of hydrogen-bond acceptors (Lipinski definition) is 3. The maximum atomic E-state index is 12.1. The van der Waals surface area contributed by atoms with E-state index in [-0.39, 0.29) is 12.5 Å². The van der Waals surface area contributed by atoms with Gasteiger partial charge < -0.3 is 14.7 Å². The minimum atomic E-state index is -0.735. The summed E-state index contributed by atoms with van der Waals surface area (Å²) < 4.78 is 5.21. The molecule has 0 aromatic carbocycles. The SMILES string of the molecule is COC(C)(C)C(=O)N1CCCC(CCO)C1. The van der Waals surface area contributed by atoms with Gasteiger partial charge in [0.15, 0.2) is 0 Å². The lowest BCUT2D eigenvalue weighted by atomic mass is 9.94. The third-order valence-corrected chi connectivity index (χ3v) is 3.37. The normalized spacial score (nSPS) is 22.2. The molecule has 16 heavy (non-hydrogen) atoms. The van der Waals surface area contributed by atoms with Crippen LogP contribution in [0.25, 0.3) is 0 Å². The standard InChI is InChI=1S/C12H23NO3/c1-12(2,16-3)11(15)13-7-4-5-10(9-13)6-8-14/h10,14H,4-9H2,1-3H3. The van der Waals surface area contributed by atoms with E-state index in [4.69, 9.17) is 9.84 Å². The molecular weight excluding hydrogens is 206 g/mol. The fraction of sp³-hybridized carbons (Fsp3) is 0.917. The van der Waals surface area contributed by atoms with Crippen molar-refractivity contribution in [2.45, 2.75) is 38.7 Å². The highest BCUT2D eigenvalue weighted by Gasteiger charge is 2.34. The number of aliphatic hydroxyl groups excluding tert-OH is 1. The first-order valence-electron chi connectivity index (χ1n) is 5.96. The summed E-state index contributed by atoms with van der Waals surface area (Å²) in [5.41, 5.74) is -0.735. The molecule has 0 aliphatic carbocycles. The number of methoxy groups -OCH3 is 1. The summed E-state index contributed by atoms with van der Waals surface area (Å²) in [6, 6.07) is 0. The molecule has 0 spiro atoms. The molecule has 1 aliphatic rings. The van der Waals surface area contributed by atoms with E-state index >= 15 is 0 Å². The van der Waals surface area contributed by atoms with Gasteiger partial charge in [0.2, 0.25) is 0 Å². The summed E-state index contributed by atoms with van der Waals surface area (Å²) in [5, 5.41) is 8.92. The summed E-state index contributed by atoms with van der Waals surface area (Å²) >= 11 is 0. The van der Waals surface area contributed by atoms with Crippen molar-refractivity contribution in [1.29, 1.82) is 0 Å². The lowest BCUT2D eigenvalue weighted by Crippen LogP contribution is -2.50. The van der Waals surface area contributed by atoms with E-state index in [1.165, 1.54) is 0 Å². The van der Waals surface area contributed by atoms with Crippen molar-refractivity contribution in [3.05, 3.63) is 0 Å². The average molecular weight is 229 g/mol. The van der Waals surface area contributed by atoms with Gasteiger partial charge in [0, 0.05) is 26.8 Å². The van der Waals surface area contributed by atoms with E-state index in [1.54, 1.807) is 21.0 Å². The number of carbonyl (C=O) groups excluding carboxylic acids is 1. The van der Waals surface area contributed by atoms with Crippen LogP contribution in [-0.2, 0) is 9.53 Å². The number of amides is 1. The lowest BCUT2D eigenvalue weighted by Gasteiger charge is -2.36. The molecule has 1 aliphatic heterocycles. The molecule has 0 aromatic rings. The number of rotatable bonds is 4. The minimum absolute atomic E-state index is 0.0534. The quantitative estimate of drug-likeness (QED) is 0.783. The van der Waals surface area contributed by atoms with E-state index in [2.05, 4.69) is 0 Å². The lowest BCUT2D eigenvalue weighted by molar-refractivity contribution is -0.153. The molecule has 1 fully saturated rings. The van der Waals surface area contributed by atoms with E-state index in [1.807, 2.05) is 4.90 Å². The van der Waals surface area contributed by atoms with Gasteiger partial charge in [0.1, 0.15) is 5.60 Å². The van der Waals surface area contributed by atoms with Gasteiger partial charge in [0.25, 0.3) is 5.91 Å². The third-order valence-electron chi connectivity index (χ3n) is 3.37. The molecule has 1 heterocycles. The van der Waals surface area contributed by atoms with Crippen LogP contribution in [0.1, 0.15) is 33.1 Å². The van der Waals surface area contributed by atoms with Crippen molar-refractivity contribution in [3.8, 4) is 0 Å². The Bertz CT molecular complexity index is 238. The molecule has 0 radical (unpaired) electrons. The fourth-order valence-corrected chi connectivity index (χ4v) is 2.14. The maximum Gasteiger partial charge on any atom is 0.254 e.